The molecule has 0 unspecified atom stereocenters. The fourth-order valence-corrected chi connectivity index (χ4v) is 5.97. The van der Waals surface area contributed by atoms with Crippen LogP contribution >= 0.6 is 0 Å². The lowest BCUT2D eigenvalue weighted by Crippen LogP contribution is -2.61. The maximum absolute atomic E-state index is 10.4. The van der Waals surface area contributed by atoms with Crippen LogP contribution in [0.1, 0.15) is 35.1 Å². The van der Waals surface area contributed by atoms with Gasteiger partial charge in [0.15, 0.2) is 0 Å². The van der Waals surface area contributed by atoms with Crippen LogP contribution in [0.15, 0.2) is 126 Å². The molecule has 0 amide bonds. The van der Waals surface area contributed by atoms with E-state index in [0.29, 0.717) is 32.8 Å². The van der Waals surface area contributed by atoms with Gasteiger partial charge in [-0.3, -0.25) is 0 Å². The summed E-state index contributed by atoms with van der Waals surface area (Å²) in [6.07, 6.45) is -3.46. The van der Waals surface area contributed by atoms with Gasteiger partial charge in [0.25, 0.3) is 0 Å². The molecule has 1 heterocycles. The fraction of sp³-hybridized carbons (Fsp3) is 0.385. The molecule has 1 aliphatic heterocycles. The summed E-state index contributed by atoms with van der Waals surface area (Å²) in [6.45, 7) is 1.03. The molecular weight excluding hydrogens is 622 g/mol. The molecule has 4 aromatic carbocycles. The predicted molar refractivity (Wildman–Crippen MR) is 185 cm³/mol. The second-order valence-corrected chi connectivity index (χ2v) is 12.1. The predicted octanol–water partition coefficient (Wildman–Crippen LogP) is 6.54. The summed E-state index contributed by atoms with van der Waals surface area (Å²) in [6, 6.07) is 38.8. The Kier molecular flexibility index (Phi) is 14.6. The maximum Gasteiger partial charge on any atom is 0.115 e. The topological polar surface area (TPSA) is 135 Å². The summed E-state index contributed by atoms with van der Waals surface area (Å²) in [5.41, 5.74) is 13.2. The van der Waals surface area contributed by atoms with E-state index in [-0.39, 0.29) is 13.0 Å². The van der Waals surface area contributed by atoms with Gasteiger partial charge in [0.2, 0.25) is 0 Å². The highest BCUT2D eigenvalue weighted by Crippen LogP contribution is 2.33. The van der Waals surface area contributed by atoms with E-state index in [9.17, 15) is 15.7 Å². The minimum absolute atomic E-state index is 0.223. The third kappa shape index (κ3) is 11.2. The summed E-state index contributed by atoms with van der Waals surface area (Å²) in [4.78, 5) is 2.91. The van der Waals surface area contributed by atoms with E-state index in [2.05, 4.69) is 10.0 Å². The lowest BCUT2D eigenvalue weighted by Gasteiger charge is -2.46. The Labute approximate surface area is 287 Å². The first-order valence-electron chi connectivity index (χ1n) is 16.7. The van der Waals surface area contributed by atoms with Crippen LogP contribution in [0.2, 0.25) is 0 Å². The monoisotopic (exact) mass is 667 g/mol. The van der Waals surface area contributed by atoms with Crippen molar-refractivity contribution in [3.63, 3.8) is 0 Å². The molecule has 0 aromatic heterocycles. The van der Waals surface area contributed by atoms with E-state index >= 15 is 0 Å². The molecule has 10 heteroatoms. The second kappa shape index (κ2) is 19.8. The van der Waals surface area contributed by atoms with Gasteiger partial charge in [0.05, 0.1) is 57.9 Å². The number of aliphatic hydroxyl groups is 2. The van der Waals surface area contributed by atoms with E-state index in [1.54, 1.807) is 0 Å². The van der Waals surface area contributed by atoms with Gasteiger partial charge in [0.1, 0.15) is 24.4 Å². The Bertz CT molecular complexity index is 1530. The van der Waals surface area contributed by atoms with Crippen LogP contribution in [-0.4, -0.2) is 66.1 Å². The van der Waals surface area contributed by atoms with Gasteiger partial charge < -0.3 is 33.9 Å². The van der Waals surface area contributed by atoms with E-state index < -0.39 is 49.3 Å². The molecule has 5 rings (SSSR count). The normalized spacial score (nSPS) is 21.8. The van der Waals surface area contributed by atoms with Gasteiger partial charge in [-0.2, -0.15) is 0 Å². The van der Waals surface area contributed by atoms with Crippen molar-refractivity contribution >= 4 is 0 Å². The zero-order chi connectivity index (χ0) is 34.1. The van der Waals surface area contributed by atoms with Gasteiger partial charge in [-0.25, -0.2) is 0 Å². The highest BCUT2D eigenvalue weighted by molar-refractivity contribution is 5.16. The third-order valence-corrected chi connectivity index (χ3v) is 8.56. The van der Waals surface area contributed by atoms with Crippen molar-refractivity contribution in [2.75, 3.05) is 13.2 Å². The van der Waals surface area contributed by atoms with Crippen LogP contribution < -0.4 is 0 Å². The van der Waals surface area contributed by atoms with Gasteiger partial charge in [-0.15, -0.1) is 0 Å². The Balaban J connectivity index is 1.46. The summed E-state index contributed by atoms with van der Waals surface area (Å²) in [5, 5.41) is 23.8. The smallest absolute Gasteiger partial charge is 0.115 e. The summed E-state index contributed by atoms with van der Waals surface area (Å²) < 4.78 is 33.2. The Morgan fingerprint density at radius 1 is 0.633 bits per heavy atom. The number of rotatable bonds is 19. The SMILES string of the molecule is [N-]=[N+]=N[C@H](CC[C@H]1O[C@H](COCc2ccccc2)[C@H](OCc2ccccc2)[C@H](OCc2ccccc2)[C@H]1OCc1ccccc1)[C@H](O)CO. The van der Waals surface area contributed by atoms with E-state index in [1.807, 2.05) is 121 Å². The largest absolute Gasteiger partial charge is 0.394 e. The van der Waals surface area contributed by atoms with Crippen molar-refractivity contribution in [2.45, 2.75) is 81.9 Å². The van der Waals surface area contributed by atoms with E-state index in [1.165, 1.54) is 0 Å². The van der Waals surface area contributed by atoms with E-state index in [4.69, 9.17) is 23.7 Å². The standard InChI is InChI=1S/C39H45N3O7/c40-42-41-33(34(44)23-43)21-22-35-37(46-25-30-15-7-2-8-16-30)39(48-27-32-19-11-4-12-20-32)38(47-26-31-17-9-3-10-18-31)36(49-35)28-45-24-29-13-5-1-6-14-29/h1-20,33-39,43-44H,21-28H2/t33-,34-,35-,36-,37+,38+,39-/m1/s1. The molecule has 10 nitrogen and oxygen atoms in total. The molecule has 0 spiro atoms. The van der Waals surface area contributed by atoms with Gasteiger partial charge in [-0.05, 0) is 40.6 Å². The Morgan fingerprint density at radius 3 is 1.51 bits per heavy atom. The number of hydrogen-bond donors (Lipinski definition) is 2. The zero-order valence-corrected chi connectivity index (χ0v) is 27.5. The quantitative estimate of drug-likeness (QED) is 0.0659. The Hall–Kier alpha value is -4.09. The molecular formula is C39H45N3O7. The van der Waals surface area contributed by atoms with Crippen molar-refractivity contribution in [3.05, 3.63) is 154 Å². The van der Waals surface area contributed by atoms with Crippen LogP contribution in [0, 0.1) is 0 Å². The number of ether oxygens (including phenoxy) is 5. The number of hydrogen-bond acceptors (Lipinski definition) is 8. The summed E-state index contributed by atoms with van der Waals surface area (Å²) in [7, 11) is 0. The molecule has 1 fully saturated rings. The van der Waals surface area contributed by atoms with Gasteiger partial charge in [-0.1, -0.05) is 126 Å². The Morgan fingerprint density at radius 2 is 1.06 bits per heavy atom. The first-order chi connectivity index (χ1) is 24.1. The average molecular weight is 668 g/mol. The lowest BCUT2D eigenvalue weighted by atomic mass is 9.90. The molecule has 0 bridgehead atoms. The molecule has 0 saturated carbocycles. The van der Waals surface area contributed by atoms with Crippen LogP contribution in [0.5, 0.6) is 0 Å². The van der Waals surface area contributed by atoms with Crippen LogP contribution in [0.25, 0.3) is 10.4 Å². The molecule has 49 heavy (non-hydrogen) atoms. The third-order valence-electron chi connectivity index (χ3n) is 8.56. The molecule has 258 valence electrons. The maximum atomic E-state index is 10.4. The fourth-order valence-electron chi connectivity index (χ4n) is 5.97. The number of benzene rings is 4. The van der Waals surface area contributed by atoms with Crippen LogP contribution in [0.3, 0.4) is 0 Å². The molecule has 4 aromatic rings. The van der Waals surface area contributed by atoms with Crippen molar-refractivity contribution in [1.82, 2.24) is 0 Å². The highest BCUT2D eigenvalue weighted by atomic mass is 16.6. The van der Waals surface area contributed by atoms with Crippen molar-refractivity contribution in [1.29, 1.82) is 0 Å². The average Bonchev–Trinajstić information content (AvgIpc) is 3.16. The van der Waals surface area contributed by atoms with Gasteiger partial charge in [0, 0.05) is 4.91 Å². The molecule has 2 N–H and O–H groups in total. The molecule has 0 aliphatic carbocycles. The minimum Gasteiger partial charge on any atom is -0.394 e. The van der Waals surface area contributed by atoms with Crippen LogP contribution in [0.4, 0.5) is 0 Å². The zero-order valence-electron chi connectivity index (χ0n) is 27.5. The lowest BCUT2D eigenvalue weighted by molar-refractivity contribution is -0.273. The summed E-state index contributed by atoms with van der Waals surface area (Å²) in [5.74, 6) is 0. The number of nitrogens with zero attached hydrogens (tertiary/aromatic N) is 3. The number of azide groups is 1. The second-order valence-electron chi connectivity index (χ2n) is 12.1. The van der Waals surface area contributed by atoms with Crippen LogP contribution in [-0.2, 0) is 50.1 Å². The highest BCUT2D eigenvalue weighted by Gasteiger charge is 2.48. The summed E-state index contributed by atoms with van der Waals surface area (Å²) >= 11 is 0. The minimum atomic E-state index is -1.21. The molecule has 7 atom stereocenters. The van der Waals surface area contributed by atoms with E-state index in [0.717, 1.165) is 22.3 Å². The molecule has 1 saturated heterocycles. The van der Waals surface area contributed by atoms with Crippen molar-refractivity contribution in [2.24, 2.45) is 5.11 Å². The van der Waals surface area contributed by atoms with Crippen molar-refractivity contribution in [3.8, 4) is 0 Å². The molecule has 0 radical (unpaired) electrons. The molecule has 1 aliphatic rings. The number of aliphatic hydroxyl groups excluding tert-OH is 2. The first kappa shape index (κ1) is 36.2. The first-order valence-corrected chi connectivity index (χ1v) is 16.7. The van der Waals surface area contributed by atoms with Gasteiger partial charge >= 0.3 is 0 Å². The van der Waals surface area contributed by atoms with Crippen molar-refractivity contribution < 1.29 is 33.9 Å².